The van der Waals surface area contributed by atoms with E-state index in [1.165, 1.54) is 0 Å². The summed E-state index contributed by atoms with van der Waals surface area (Å²) in [5, 5.41) is 13.9. The third kappa shape index (κ3) is 2.16. The van der Waals surface area contributed by atoms with Crippen LogP contribution in [-0.2, 0) is 0 Å². The molecule has 3 rings (SSSR count). The van der Waals surface area contributed by atoms with E-state index in [9.17, 15) is 5.11 Å². The molecule has 0 radical (unpaired) electrons. The Kier molecular flexibility index (Phi) is 2.99. The molecule has 0 bridgehead atoms. The summed E-state index contributed by atoms with van der Waals surface area (Å²) in [5.74, 6) is 0.990. The zero-order valence-corrected chi connectivity index (χ0v) is 11.3. The Labute approximate surface area is 116 Å². The molecular formula is C16H14N2O2. The predicted molar refractivity (Wildman–Crippen MR) is 76.3 cm³/mol. The summed E-state index contributed by atoms with van der Waals surface area (Å²) in [5.41, 5.74) is 3.52. The largest absolute Gasteiger partial charge is 0.507 e. The second kappa shape index (κ2) is 4.81. The van der Waals surface area contributed by atoms with E-state index in [4.69, 9.17) is 4.52 Å². The van der Waals surface area contributed by atoms with E-state index in [0.29, 0.717) is 17.3 Å². The van der Waals surface area contributed by atoms with Crippen molar-refractivity contribution in [2.45, 2.75) is 13.8 Å². The molecule has 0 amide bonds. The molecule has 0 unspecified atom stereocenters. The number of benzene rings is 2. The minimum absolute atomic E-state index is 0.144. The third-order valence-corrected chi connectivity index (χ3v) is 3.20. The molecule has 1 aromatic heterocycles. The molecule has 0 atom stereocenters. The zero-order chi connectivity index (χ0) is 14.1. The van der Waals surface area contributed by atoms with Crippen LogP contribution in [0, 0.1) is 13.8 Å². The van der Waals surface area contributed by atoms with Crippen molar-refractivity contribution in [1.82, 2.24) is 10.1 Å². The van der Waals surface area contributed by atoms with Gasteiger partial charge in [-0.05, 0) is 37.1 Å². The van der Waals surface area contributed by atoms with Crippen LogP contribution < -0.4 is 0 Å². The van der Waals surface area contributed by atoms with Crippen molar-refractivity contribution >= 4 is 0 Å². The molecule has 3 aromatic rings. The topological polar surface area (TPSA) is 59.2 Å². The molecular weight excluding hydrogens is 252 g/mol. The van der Waals surface area contributed by atoms with Gasteiger partial charge in [0.25, 0.3) is 5.89 Å². The Balaban J connectivity index is 2.04. The highest BCUT2D eigenvalue weighted by Crippen LogP contribution is 2.30. The van der Waals surface area contributed by atoms with Gasteiger partial charge in [0.1, 0.15) is 5.75 Å². The molecule has 0 aliphatic rings. The van der Waals surface area contributed by atoms with Crippen LogP contribution in [0.5, 0.6) is 5.75 Å². The maximum atomic E-state index is 9.95. The second-order valence-corrected chi connectivity index (χ2v) is 4.76. The first-order valence-electron chi connectivity index (χ1n) is 6.35. The number of phenols is 1. The first-order valence-corrected chi connectivity index (χ1v) is 6.35. The maximum absolute atomic E-state index is 9.95. The van der Waals surface area contributed by atoms with Crippen molar-refractivity contribution in [3.05, 3.63) is 53.6 Å². The number of hydrogen-bond donors (Lipinski definition) is 1. The van der Waals surface area contributed by atoms with Crippen molar-refractivity contribution in [1.29, 1.82) is 0 Å². The Bertz CT molecular complexity index is 763. The van der Waals surface area contributed by atoms with Crippen LogP contribution in [0.4, 0.5) is 0 Å². The molecule has 0 fully saturated rings. The van der Waals surface area contributed by atoms with E-state index in [0.717, 1.165) is 16.7 Å². The lowest BCUT2D eigenvalue weighted by Crippen LogP contribution is -1.85. The van der Waals surface area contributed by atoms with Gasteiger partial charge < -0.3 is 9.63 Å². The first-order chi connectivity index (χ1) is 9.65. The lowest BCUT2D eigenvalue weighted by Gasteiger charge is -2.00. The fourth-order valence-corrected chi connectivity index (χ4v) is 2.09. The van der Waals surface area contributed by atoms with E-state index >= 15 is 0 Å². The highest BCUT2D eigenvalue weighted by Gasteiger charge is 2.14. The van der Waals surface area contributed by atoms with Gasteiger partial charge in [0.15, 0.2) is 0 Å². The summed E-state index contributed by atoms with van der Waals surface area (Å²) in [7, 11) is 0. The van der Waals surface area contributed by atoms with Gasteiger partial charge in [-0.1, -0.05) is 35.5 Å². The first kappa shape index (κ1) is 12.4. The van der Waals surface area contributed by atoms with Crippen LogP contribution >= 0.6 is 0 Å². The molecule has 0 saturated heterocycles. The van der Waals surface area contributed by atoms with Crippen molar-refractivity contribution in [2.75, 3.05) is 0 Å². The quantitative estimate of drug-likeness (QED) is 0.767. The van der Waals surface area contributed by atoms with E-state index in [1.54, 1.807) is 12.1 Å². The van der Waals surface area contributed by atoms with Crippen LogP contribution in [0.1, 0.15) is 11.1 Å². The second-order valence-electron chi connectivity index (χ2n) is 4.76. The van der Waals surface area contributed by atoms with Crippen molar-refractivity contribution in [2.24, 2.45) is 0 Å². The normalized spacial score (nSPS) is 10.7. The maximum Gasteiger partial charge on any atom is 0.261 e. The number of nitrogens with zero attached hydrogens (tertiary/aromatic N) is 2. The molecule has 0 aliphatic heterocycles. The zero-order valence-electron chi connectivity index (χ0n) is 11.3. The van der Waals surface area contributed by atoms with Crippen molar-refractivity contribution in [3.63, 3.8) is 0 Å². The summed E-state index contributed by atoms with van der Waals surface area (Å²) in [4.78, 5) is 4.36. The van der Waals surface area contributed by atoms with E-state index in [1.807, 2.05) is 44.2 Å². The molecule has 0 saturated carbocycles. The molecule has 0 spiro atoms. The Morgan fingerprint density at radius 1 is 1.00 bits per heavy atom. The van der Waals surface area contributed by atoms with E-state index in [-0.39, 0.29) is 5.75 Å². The van der Waals surface area contributed by atoms with Gasteiger partial charge >= 0.3 is 0 Å². The molecule has 0 aliphatic carbocycles. The summed E-state index contributed by atoms with van der Waals surface area (Å²) in [6.07, 6.45) is 0. The van der Waals surface area contributed by atoms with E-state index in [2.05, 4.69) is 10.1 Å². The van der Waals surface area contributed by atoms with Crippen LogP contribution in [0.2, 0.25) is 0 Å². The number of hydrogen-bond acceptors (Lipinski definition) is 4. The molecule has 100 valence electrons. The lowest BCUT2D eigenvalue weighted by molar-refractivity contribution is 0.425. The average molecular weight is 266 g/mol. The number of phenolic OH excluding ortho intramolecular Hbond substituents is 1. The van der Waals surface area contributed by atoms with Gasteiger partial charge in [-0.3, -0.25) is 0 Å². The molecule has 1 heterocycles. The SMILES string of the molecule is Cc1ccc(-c2nc(-c3ccccc3C)no2)c(O)c1. The van der Waals surface area contributed by atoms with E-state index < -0.39 is 0 Å². The lowest BCUT2D eigenvalue weighted by atomic mass is 10.1. The Hall–Kier alpha value is -2.62. The molecule has 20 heavy (non-hydrogen) atoms. The molecule has 1 N–H and O–H groups in total. The van der Waals surface area contributed by atoms with Crippen LogP contribution in [0.3, 0.4) is 0 Å². The average Bonchev–Trinajstić information content (AvgIpc) is 2.88. The number of aromatic hydroxyl groups is 1. The third-order valence-electron chi connectivity index (χ3n) is 3.20. The van der Waals surface area contributed by atoms with Gasteiger partial charge in [0, 0.05) is 5.56 Å². The smallest absolute Gasteiger partial charge is 0.261 e. The minimum Gasteiger partial charge on any atom is -0.507 e. The highest BCUT2D eigenvalue weighted by molar-refractivity contribution is 5.66. The molecule has 4 nitrogen and oxygen atoms in total. The van der Waals surface area contributed by atoms with Crippen molar-refractivity contribution < 1.29 is 9.63 Å². The summed E-state index contributed by atoms with van der Waals surface area (Å²) in [6, 6.07) is 13.2. The number of aryl methyl sites for hydroxylation is 2. The van der Waals surface area contributed by atoms with Crippen LogP contribution in [0.25, 0.3) is 22.8 Å². The van der Waals surface area contributed by atoms with Gasteiger partial charge in [0.05, 0.1) is 5.56 Å². The Morgan fingerprint density at radius 3 is 2.55 bits per heavy atom. The van der Waals surface area contributed by atoms with Crippen molar-refractivity contribution in [3.8, 4) is 28.6 Å². The van der Waals surface area contributed by atoms with Gasteiger partial charge in [0.2, 0.25) is 5.82 Å². The Morgan fingerprint density at radius 2 is 1.80 bits per heavy atom. The molecule has 4 heteroatoms. The summed E-state index contributed by atoms with van der Waals surface area (Å²) < 4.78 is 5.26. The fraction of sp³-hybridized carbons (Fsp3) is 0.125. The van der Waals surface area contributed by atoms with Gasteiger partial charge in [-0.2, -0.15) is 4.98 Å². The summed E-state index contributed by atoms with van der Waals surface area (Å²) >= 11 is 0. The standard InChI is InChI=1S/C16H14N2O2/c1-10-7-8-13(14(19)9-10)16-17-15(18-20-16)12-6-4-3-5-11(12)2/h3-9,19H,1-2H3. The predicted octanol–water partition coefficient (Wildman–Crippen LogP) is 3.73. The summed E-state index contributed by atoms with van der Waals surface area (Å²) in [6.45, 7) is 3.91. The fourth-order valence-electron chi connectivity index (χ4n) is 2.09. The number of rotatable bonds is 2. The van der Waals surface area contributed by atoms with Crippen LogP contribution in [0.15, 0.2) is 47.0 Å². The number of aromatic nitrogens is 2. The molecule has 2 aromatic carbocycles. The van der Waals surface area contributed by atoms with Crippen LogP contribution in [-0.4, -0.2) is 15.2 Å². The monoisotopic (exact) mass is 266 g/mol. The van der Waals surface area contributed by atoms with Gasteiger partial charge in [-0.25, -0.2) is 0 Å². The van der Waals surface area contributed by atoms with Gasteiger partial charge in [-0.15, -0.1) is 0 Å². The minimum atomic E-state index is 0.144. The highest BCUT2D eigenvalue weighted by atomic mass is 16.5.